The van der Waals surface area contributed by atoms with Gasteiger partial charge in [-0.1, -0.05) is 15.9 Å². The van der Waals surface area contributed by atoms with E-state index in [4.69, 9.17) is 7.85 Å². The van der Waals surface area contributed by atoms with E-state index in [1.165, 1.54) is 0 Å². The van der Waals surface area contributed by atoms with E-state index < -0.39 is 5.81 Å². The van der Waals surface area contributed by atoms with Gasteiger partial charge in [-0.25, -0.2) is 0 Å². The first-order valence-electron chi connectivity index (χ1n) is 5.53. The average Bonchev–Trinajstić information content (AvgIpc) is 2.26. The highest BCUT2D eigenvalue weighted by molar-refractivity contribution is 9.09. The summed E-state index contributed by atoms with van der Waals surface area (Å²) in [5, 5.41) is 3.54. The zero-order chi connectivity index (χ0) is 12.0. The molecule has 1 N–H and O–H groups in total. The number of halogens is 1. The standard InChI is InChI=1S/C10H16BBrN2O2/c11-10(16)13-8-3-6-14(7-4-8)9(15)2-1-5-12/h8H,1-7H2,(H,13,16). The third-order valence-corrected chi connectivity index (χ3v) is 3.28. The first-order valence-corrected chi connectivity index (χ1v) is 6.65. The van der Waals surface area contributed by atoms with E-state index in [1.54, 1.807) is 0 Å². The van der Waals surface area contributed by atoms with E-state index in [-0.39, 0.29) is 11.9 Å². The van der Waals surface area contributed by atoms with Crippen molar-refractivity contribution in [1.29, 1.82) is 0 Å². The van der Waals surface area contributed by atoms with E-state index >= 15 is 0 Å². The minimum Gasteiger partial charge on any atom is -0.363 e. The molecule has 1 rings (SSSR count). The Kier molecular flexibility index (Phi) is 5.88. The highest BCUT2D eigenvalue weighted by Gasteiger charge is 2.22. The van der Waals surface area contributed by atoms with Crippen LogP contribution in [0.25, 0.3) is 0 Å². The second-order valence-corrected chi connectivity index (χ2v) is 4.75. The lowest BCUT2D eigenvalue weighted by atomic mass is 10.0. The second kappa shape index (κ2) is 6.94. The molecule has 88 valence electrons. The van der Waals surface area contributed by atoms with Crippen LogP contribution in [-0.2, 0) is 4.79 Å². The smallest absolute Gasteiger partial charge is 0.222 e. The third kappa shape index (κ3) is 4.55. The number of carbonyl (C=O) groups excluding carboxylic acids is 2. The van der Waals surface area contributed by atoms with E-state index in [2.05, 4.69) is 21.2 Å². The first kappa shape index (κ1) is 13.5. The van der Waals surface area contributed by atoms with Gasteiger partial charge in [0.05, 0.1) is 0 Å². The van der Waals surface area contributed by atoms with E-state index in [0.717, 1.165) is 24.6 Å². The van der Waals surface area contributed by atoms with Gasteiger partial charge in [0.1, 0.15) is 0 Å². The predicted molar refractivity (Wildman–Crippen MR) is 66.9 cm³/mol. The molecule has 1 heterocycles. The van der Waals surface area contributed by atoms with Crippen molar-refractivity contribution in [2.75, 3.05) is 18.4 Å². The predicted octanol–water partition coefficient (Wildman–Crippen LogP) is 1.03. The molecule has 6 heteroatoms. The third-order valence-electron chi connectivity index (χ3n) is 2.72. The Labute approximate surface area is 106 Å². The molecule has 0 bridgehead atoms. The van der Waals surface area contributed by atoms with Crippen LogP contribution in [0.5, 0.6) is 0 Å². The maximum atomic E-state index is 11.7. The van der Waals surface area contributed by atoms with Gasteiger partial charge in [0.2, 0.25) is 13.8 Å². The van der Waals surface area contributed by atoms with Gasteiger partial charge in [-0.3, -0.25) is 9.59 Å². The maximum Gasteiger partial charge on any atom is 0.222 e. The Bertz CT molecular complexity index is 255. The van der Waals surface area contributed by atoms with Crippen molar-refractivity contribution in [1.82, 2.24) is 10.2 Å². The molecule has 0 aromatic heterocycles. The molecule has 1 aliphatic rings. The number of alkyl halides is 1. The quantitative estimate of drug-likeness (QED) is 0.620. The van der Waals surface area contributed by atoms with Gasteiger partial charge in [-0.05, 0) is 19.3 Å². The van der Waals surface area contributed by atoms with Gasteiger partial charge in [0.25, 0.3) is 0 Å². The number of nitrogens with one attached hydrogen (secondary N) is 1. The summed E-state index contributed by atoms with van der Waals surface area (Å²) < 4.78 is 0. The van der Waals surface area contributed by atoms with E-state index in [0.29, 0.717) is 19.5 Å². The van der Waals surface area contributed by atoms with Crippen LogP contribution in [0, 0.1) is 0 Å². The summed E-state index contributed by atoms with van der Waals surface area (Å²) in [6.07, 6.45) is 3.06. The van der Waals surface area contributed by atoms with Gasteiger partial charge < -0.3 is 10.2 Å². The zero-order valence-electron chi connectivity index (χ0n) is 9.25. The fourth-order valence-corrected chi connectivity index (χ4v) is 2.13. The number of rotatable bonds is 4. The van der Waals surface area contributed by atoms with Crippen molar-refractivity contribution >= 4 is 35.5 Å². The minimum absolute atomic E-state index is 0.123. The first-order chi connectivity index (χ1) is 7.63. The minimum atomic E-state index is -0.482. The van der Waals surface area contributed by atoms with Crippen LogP contribution in [0.1, 0.15) is 25.7 Å². The number of nitrogens with zero attached hydrogens (tertiary/aromatic N) is 1. The summed E-state index contributed by atoms with van der Waals surface area (Å²) in [4.78, 5) is 24.2. The summed E-state index contributed by atoms with van der Waals surface area (Å²) in [7, 11) is 5.05. The lowest BCUT2D eigenvalue weighted by molar-refractivity contribution is -0.132. The van der Waals surface area contributed by atoms with Crippen LogP contribution >= 0.6 is 15.9 Å². The van der Waals surface area contributed by atoms with Crippen molar-refractivity contribution in [3.63, 3.8) is 0 Å². The summed E-state index contributed by atoms with van der Waals surface area (Å²) in [6.45, 7) is 1.43. The molecule has 2 radical (unpaired) electrons. The number of piperidine rings is 1. The van der Waals surface area contributed by atoms with Crippen molar-refractivity contribution in [3.05, 3.63) is 0 Å². The Morgan fingerprint density at radius 2 is 2.00 bits per heavy atom. The molecule has 0 saturated carbocycles. The van der Waals surface area contributed by atoms with E-state index in [9.17, 15) is 9.59 Å². The molecule has 0 aromatic carbocycles. The molecule has 0 spiro atoms. The summed E-state index contributed by atoms with van der Waals surface area (Å²) in [5.74, 6) is -0.277. The van der Waals surface area contributed by atoms with Gasteiger partial charge in [-0.15, -0.1) is 0 Å². The Morgan fingerprint density at radius 1 is 1.38 bits per heavy atom. The molecule has 1 fully saturated rings. The number of amides is 2. The van der Waals surface area contributed by atoms with Crippen LogP contribution in [0.4, 0.5) is 4.79 Å². The second-order valence-electron chi connectivity index (χ2n) is 3.96. The molecule has 0 aromatic rings. The molecule has 0 aliphatic carbocycles. The van der Waals surface area contributed by atoms with Crippen LogP contribution in [0.15, 0.2) is 0 Å². The average molecular weight is 287 g/mol. The molecule has 2 amide bonds. The summed E-state index contributed by atoms with van der Waals surface area (Å²) in [6, 6.07) is 0.123. The van der Waals surface area contributed by atoms with Crippen molar-refractivity contribution in [2.24, 2.45) is 0 Å². The van der Waals surface area contributed by atoms with Crippen molar-refractivity contribution in [2.45, 2.75) is 31.7 Å². The fraction of sp³-hybridized carbons (Fsp3) is 0.800. The van der Waals surface area contributed by atoms with Crippen molar-refractivity contribution < 1.29 is 9.59 Å². The molecule has 1 aliphatic heterocycles. The lowest BCUT2D eigenvalue weighted by Gasteiger charge is -2.32. The number of likely N-dealkylation sites (tertiary alicyclic amines) is 1. The molecule has 0 unspecified atom stereocenters. The summed E-state index contributed by atoms with van der Waals surface area (Å²) in [5.41, 5.74) is 0. The van der Waals surface area contributed by atoms with Crippen LogP contribution in [-0.4, -0.2) is 48.9 Å². The normalized spacial score (nSPS) is 17.2. The highest BCUT2D eigenvalue weighted by Crippen LogP contribution is 2.12. The lowest BCUT2D eigenvalue weighted by Crippen LogP contribution is -2.46. The topological polar surface area (TPSA) is 49.4 Å². The van der Waals surface area contributed by atoms with Crippen molar-refractivity contribution in [3.8, 4) is 0 Å². The molecule has 1 saturated heterocycles. The SMILES string of the molecule is [B]C(=O)NC1CCN(C(=O)CCCBr)CC1. The Hall–Kier alpha value is -0.515. The maximum absolute atomic E-state index is 11.7. The van der Waals surface area contributed by atoms with Gasteiger partial charge >= 0.3 is 0 Å². The fourth-order valence-electron chi connectivity index (χ4n) is 1.85. The molecular formula is C10H16BBrN2O2. The van der Waals surface area contributed by atoms with Gasteiger partial charge in [0, 0.05) is 30.9 Å². The van der Waals surface area contributed by atoms with E-state index in [1.807, 2.05) is 4.90 Å². The Morgan fingerprint density at radius 3 is 2.50 bits per heavy atom. The zero-order valence-corrected chi connectivity index (χ0v) is 10.8. The monoisotopic (exact) mass is 286 g/mol. The van der Waals surface area contributed by atoms with Gasteiger partial charge in [-0.2, -0.15) is 0 Å². The molecule has 4 nitrogen and oxygen atoms in total. The number of hydrogen-bond acceptors (Lipinski definition) is 2. The molecular weight excluding hydrogens is 271 g/mol. The van der Waals surface area contributed by atoms with Gasteiger partial charge in [0.15, 0.2) is 5.81 Å². The van der Waals surface area contributed by atoms with Crippen LogP contribution < -0.4 is 5.32 Å². The van der Waals surface area contributed by atoms with Crippen LogP contribution in [0.3, 0.4) is 0 Å². The number of carbonyl (C=O) groups is 2. The van der Waals surface area contributed by atoms with Crippen LogP contribution in [0.2, 0.25) is 0 Å². The highest BCUT2D eigenvalue weighted by atomic mass is 79.9. The largest absolute Gasteiger partial charge is 0.363 e. The number of hydrogen-bond donors (Lipinski definition) is 1. The Balaban J connectivity index is 2.25. The molecule has 0 atom stereocenters. The summed E-state index contributed by atoms with van der Waals surface area (Å²) >= 11 is 3.31. The molecule has 16 heavy (non-hydrogen) atoms.